The van der Waals surface area contributed by atoms with Gasteiger partial charge in [-0.1, -0.05) is 69.9 Å². The number of sulfone groups is 1. The van der Waals surface area contributed by atoms with E-state index in [-0.39, 0.29) is 64.0 Å². The number of para-hydroxylation sites is 2. The van der Waals surface area contributed by atoms with Crippen molar-refractivity contribution < 1.29 is 41.7 Å². The Morgan fingerprint density at radius 1 is 0.906 bits per heavy atom. The number of rotatable bonds is 26. The summed E-state index contributed by atoms with van der Waals surface area (Å²) in [6.07, 6.45) is 1.54. The topological polar surface area (TPSA) is 217 Å². The zero-order valence-corrected chi connectivity index (χ0v) is 51.6. The lowest BCUT2D eigenvalue weighted by molar-refractivity contribution is -0.143. The van der Waals surface area contributed by atoms with Crippen molar-refractivity contribution in [3.8, 4) is 11.5 Å². The van der Waals surface area contributed by atoms with Crippen LogP contribution in [0.1, 0.15) is 69.2 Å². The molecular formula is C62H76ClN11O9S2. The van der Waals surface area contributed by atoms with Crippen LogP contribution in [-0.4, -0.2) is 157 Å². The third-order valence-corrected chi connectivity index (χ3v) is 19.3. The number of carbonyl (C=O) groups excluding carboxylic acids is 2. The van der Waals surface area contributed by atoms with Crippen molar-refractivity contribution in [2.45, 2.75) is 81.6 Å². The number of anilines is 5. The van der Waals surface area contributed by atoms with E-state index >= 15 is 0 Å². The lowest BCUT2D eigenvalue weighted by atomic mass is 9.86. The molecule has 20 nitrogen and oxygen atoms in total. The Morgan fingerprint density at radius 2 is 1.66 bits per heavy atom. The molecule has 1 amide bonds. The van der Waals surface area contributed by atoms with E-state index < -0.39 is 21.0 Å². The molecule has 2 aliphatic rings. The molecule has 5 aromatic carbocycles. The zero-order chi connectivity index (χ0) is 60.0. The predicted molar refractivity (Wildman–Crippen MR) is 335 cm³/mol. The van der Waals surface area contributed by atoms with Crippen LogP contribution in [0.2, 0.25) is 5.02 Å². The Bertz CT molecular complexity index is 3580. The van der Waals surface area contributed by atoms with Gasteiger partial charge in [-0.2, -0.15) is 4.98 Å². The Hall–Kier alpha value is -7.18. The number of aryl methyl sites for hydroxylation is 2. The van der Waals surface area contributed by atoms with Crippen LogP contribution in [0.15, 0.2) is 119 Å². The van der Waals surface area contributed by atoms with Gasteiger partial charge in [-0.05, 0) is 130 Å². The number of carbonyl (C=O) groups is 2. The first-order valence-electron chi connectivity index (χ1n) is 28.7. The fourth-order valence-electron chi connectivity index (χ4n) is 10.3. The van der Waals surface area contributed by atoms with Crippen LogP contribution in [0.25, 0.3) is 11.0 Å². The summed E-state index contributed by atoms with van der Waals surface area (Å²) in [4.78, 5) is 41.4. The molecule has 0 bridgehead atoms. The smallest absolute Gasteiger partial charge is 0.306 e. The molecule has 0 spiro atoms. The molecule has 0 aliphatic carbocycles. The van der Waals surface area contributed by atoms with E-state index in [4.69, 9.17) is 35.3 Å². The molecule has 7 aromatic rings. The molecule has 2 aromatic heterocycles. The minimum absolute atomic E-state index is 0.0132. The summed E-state index contributed by atoms with van der Waals surface area (Å²) in [6, 6.07) is 33.2. The fourth-order valence-corrected chi connectivity index (χ4v) is 13.6. The van der Waals surface area contributed by atoms with Gasteiger partial charge in [-0.15, -0.1) is 5.10 Å². The Balaban J connectivity index is 0.700. The predicted octanol–water partition coefficient (Wildman–Crippen LogP) is 9.47. The average molecular weight is 1220 g/mol. The fraction of sp³-hybridized carbons (Fsp3) is 0.403. The minimum atomic E-state index is -3.56. The largest absolute Gasteiger partial charge is 0.488 e. The van der Waals surface area contributed by atoms with Gasteiger partial charge < -0.3 is 44.5 Å². The standard InChI is InChI=1S/C62H76ClN11O9S2/c1-8-81-59(76)37-50(45-19-18-43(5)47(34-45)40-74-39-44(6)83-54-15-11-12-16-56(54)84(74)9-2)46-35-53-60(71(7)70-69-53)55(36-46)82-41-58(75)64-24-30-79-32-33-80-31-29-72-25-27-73(28-26-72)49-22-20-48(21-23-49)66-62-65-38-51(63)61(68-62)67-52-14-10-13-17-57(52)85(77,78)42(3)4/h9-23,34-36,38,42,44,50H,8,24-33,37,39-41H2,1-7H3,(H,64,75)(H2,65,66,67,68). The third-order valence-electron chi connectivity index (χ3n) is 14.8. The van der Waals surface area contributed by atoms with E-state index in [9.17, 15) is 18.0 Å². The quantitative estimate of drug-likeness (QED) is 0.0261. The number of hydrogen-bond acceptors (Lipinski definition) is 18. The second kappa shape index (κ2) is 29.3. The van der Waals surface area contributed by atoms with Gasteiger partial charge in [-0.3, -0.25) is 14.5 Å². The van der Waals surface area contributed by atoms with Crippen molar-refractivity contribution in [2.24, 2.45) is 7.05 Å². The maximum absolute atomic E-state index is 13.3. The number of nitrogens with zero attached hydrogens (tertiary/aromatic N) is 8. The number of piperazine rings is 1. The van der Waals surface area contributed by atoms with Crippen molar-refractivity contribution >= 4 is 89.2 Å². The van der Waals surface area contributed by atoms with Crippen molar-refractivity contribution in [1.82, 2.24) is 39.5 Å². The van der Waals surface area contributed by atoms with Crippen LogP contribution in [0.5, 0.6) is 11.5 Å². The van der Waals surface area contributed by atoms with Crippen molar-refractivity contribution in [2.75, 3.05) is 101 Å². The summed E-state index contributed by atoms with van der Waals surface area (Å²) < 4.78 is 59.9. The normalized spacial score (nSPS) is 16.2. The molecule has 3 N–H and O–H groups in total. The number of aromatic nitrogens is 5. The minimum Gasteiger partial charge on any atom is -0.488 e. The summed E-state index contributed by atoms with van der Waals surface area (Å²) in [5, 5.41) is 19.8. The third kappa shape index (κ3) is 16.0. The molecule has 3 unspecified atom stereocenters. The second-order valence-electron chi connectivity index (χ2n) is 21.1. The molecular weight excluding hydrogens is 1140 g/mol. The Labute approximate surface area is 505 Å². The SMILES string of the molecule is C/C=S1\c2ccccc2OC(C)CN1Cc1cc(C(CC(=O)OCC)c2cc(OCC(=O)NCCOCCOCCN3CCN(c4ccc(Nc5ncc(Cl)c(Nc6ccccc6S(=O)(=O)C(C)C)n5)cc4)CC3)c3c(c2)nnn3C)ccc1C. The number of amides is 1. The monoisotopic (exact) mass is 1220 g/mol. The summed E-state index contributed by atoms with van der Waals surface area (Å²) in [5.74, 6) is 0.864. The first-order chi connectivity index (χ1) is 41.1. The molecule has 3 atom stereocenters. The van der Waals surface area contributed by atoms with Crippen molar-refractivity contribution in [3.63, 3.8) is 0 Å². The Kier molecular flexibility index (Phi) is 21.5. The van der Waals surface area contributed by atoms with Gasteiger partial charge in [-0.25, -0.2) is 22.4 Å². The molecule has 9 rings (SSSR count). The van der Waals surface area contributed by atoms with Gasteiger partial charge in [0.25, 0.3) is 5.91 Å². The van der Waals surface area contributed by atoms with Gasteiger partial charge in [0.1, 0.15) is 33.7 Å². The number of esters is 1. The number of ether oxygens (including phenoxy) is 5. The highest BCUT2D eigenvalue weighted by Gasteiger charge is 2.28. The van der Waals surface area contributed by atoms with E-state index in [0.29, 0.717) is 67.9 Å². The van der Waals surface area contributed by atoms with E-state index in [0.717, 1.165) is 83.5 Å². The molecule has 2 aliphatic heterocycles. The number of benzene rings is 5. The highest BCUT2D eigenvalue weighted by molar-refractivity contribution is 8.13. The molecule has 0 saturated carbocycles. The van der Waals surface area contributed by atoms with E-state index in [1.54, 1.807) is 56.8 Å². The average Bonchev–Trinajstić information content (AvgIpc) is 3.80. The summed E-state index contributed by atoms with van der Waals surface area (Å²) >= 11 is 6.45. The molecule has 1 fully saturated rings. The zero-order valence-electron chi connectivity index (χ0n) is 49.3. The van der Waals surface area contributed by atoms with Crippen LogP contribution in [0.4, 0.5) is 28.8 Å². The number of halogens is 1. The number of nitrogens with one attached hydrogen (secondary N) is 3. The molecule has 1 saturated heterocycles. The van der Waals surface area contributed by atoms with Crippen LogP contribution in [0.3, 0.4) is 0 Å². The van der Waals surface area contributed by atoms with Crippen molar-refractivity contribution in [1.29, 1.82) is 0 Å². The Morgan fingerprint density at radius 3 is 2.42 bits per heavy atom. The van der Waals surface area contributed by atoms with E-state index in [1.807, 2.05) is 36.4 Å². The molecule has 452 valence electrons. The van der Waals surface area contributed by atoms with E-state index in [2.05, 4.69) is 119 Å². The van der Waals surface area contributed by atoms with Gasteiger partial charge in [0.05, 0.1) is 66.4 Å². The maximum Gasteiger partial charge on any atom is 0.306 e. The number of fused-ring (bicyclic) bond motifs is 2. The summed E-state index contributed by atoms with van der Waals surface area (Å²) in [5.41, 5.74) is 7.48. The van der Waals surface area contributed by atoms with Crippen LogP contribution < -0.4 is 30.3 Å². The summed E-state index contributed by atoms with van der Waals surface area (Å²) in [7, 11) is -2.09. The molecule has 4 heterocycles. The molecule has 0 radical (unpaired) electrons. The van der Waals surface area contributed by atoms with Crippen LogP contribution >= 0.6 is 22.3 Å². The van der Waals surface area contributed by atoms with Crippen molar-refractivity contribution in [3.05, 3.63) is 137 Å². The second-order valence-corrected chi connectivity index (χ2v) is 26.0. The summed E-state index contributed by atoms with van der Waals surface area (Å²) in [6.45, 7) is 19.1. The lowest BCUT2D eigenvalue weighted by Crippen LogP contribution is -2.47. The first-order valence-corrected chi connectivity index (χ1v) is 31.9. The highest BCUT2D eigenvalue weighted by Crippen LogP contribution is 2.43. The van der Waals surface area contributed by atoms with Crippen LogP contribution in [0, 0.1) is 6.92 Å². The highest BCUT2D eigenvalue weighted by atomic mass is 35.5. The molecule has 85 heavy (non-hydrogen) atoms. The maximum atomic E-state index is 13.3. The first kappa shape index (κ1) is 62.4. The number of hydrogen-bond donors (Lipinski definition) is 3. The molecule has 23 heteroatoms. The van der Waals surface area contributed by atoms with Gasteiger partial charge >= 0.3 is 5.97 Å². The van der Waals surface area contributed by atoms with Crippen LogP contribution in [-0.2, 0) is 47.2 Å². The van der Waals surface area contributed by atoms with Gasteiger partial charge in [0.15, 0.2) is 22.3 Å². The van der Waals surface area contributed by atoms with Gasteiger partial charge in [0, 0.05) is 76.7 Å². The lowest BCUT2D eigenvalue weighted by Gasteiger charge is -2.36. The van der Waals surface area contributed by atoms with Gasteiger partial charge in [0.2, 0.25) is 5.95 Å². The van der Waals surface area contributed by atoms with E-state index in [1.165, 1.54) is 6.20 Å².